The molecule has 1 aliphatic rings. The number of hydrogen-bond acceptors (Lipinski definition) is 2. The molecule has 15 heavy (non-hydrogen) atoms. The molecule has 1 aromatic rings. The van der Waals surface area contributed by atoms with E-state index < -0.39 is 0 Å². The van der Waals surface area contributed by atoms with Crippen LogP contribution in [0.3, 0.4) is 0 Å². The van der Waals surface area contributed by atoms with Crippen molar-refractivity contribution >= 4 is 0 Å². The summed E-state index contributed by atoms with van der Waals surface area (Å²) in [6.45, 7) is 0.822. The highest BCUT2D eigenvalue weighted by Crippen LogP contribution is 2.32. The Morgan fingerprint density at radius 1 is 1.27 bits per heavy atom. The first-order valence-electron chi connectivity index (χ1n) is 5.47. The van der Waals surface area contributed by atoms with Gasteiger partial charge in [0.2, 0.25) is 0 Å². The summed E-state index contributed by atoms with van der Waals surface area (Å²) in [6, 6.07) is 9.93. The molecule has 0 amide bonds. The van der Waals surface area contributed by atoms with Crippen LogP contribution >= 0.6 is 0 Å². The van der Waals surface area contributed by atoms with Gasteiger partial charge in [-0.25, -0.2) is 0 Å². The Labute approximate surface area is 90.5 Å². The van der Waals surface area contributed by atoms with Crippen LogP contribution in [0.25, 0.3) is 0 Å². The quantitative estimate of drug-likeness (QED) is 0.733. The molecule has 1 aliphatic carbocycles. The summed E-state index contributed by atoms with van der Waals surface area (Å²) in [7, 11) is 0. The van der Waals surface area contributed by atoms with Crippen LogP contribution in [0.5, 0.6) is 5.75 Å². The van der Waals surface area contributed by atoms with E-state index in [9.17, 15) is 0 Å². The summed E-state index contributed by atoms with van der Waals surface area (Å²) in [5, 5.41) is 8.52. The van der Waals surface area contributed by atoms with Gasteiger partial charge in [-0.1, -0.05) is 25.0 Å². The van der Waals surface area contributed by atoms with Crippen LogP contribution in [0.15, 0.2) is 24.3 Å². The first-order valence-corrected chi connectivity index (χ1v) is 5.47. The van der Waals surface area contributed by atoms with Crippen molar-refractivity contribution in [1.82, 2.24) is 0 Å². The topological polar surface area (TPSA) is 33.0 Å². The minimum Gasteiger partial charge on any atom is -0.494 e. The monoisotopic (exact) mass is 201 g/mol. The molecular formula is C13H15NO. The lowest BCUT2D eigenvalue weighted by molar-refractivity contribution is 0.302. The van der Waals surface area contributed by atoms with Crippen LogP contribution in [0.1, 0.15) is 24.8 Å². The Hall–Kier alpha value is -1.49. The molecule has 0 aromatic heterocycles. The van der Waals surface area contributed by atoms with Crippen LogP contribution in [0.4, 0.5) is 0 Å². The zero-order chi connectivity index (χ0) is 10.5. The molecule has 1 fully saturated rings. The zero-order valence-electron chi connectivity index (χ0n) is 8.78. The van der Waals surface area contributed by atoms with Gasteiger partial charge in [-0.2, -0.15) is 5.26 Å². The maximum atomic E-state index is 8.52. The maximum Gasteiger partial charge on any atom is 0.119 e. The first-order chi connectivity index (χ1) is 7.38. The van der Waals surface area contributed by atoms with E-state index in [2.05, 4.69) is 6.07 Å². The Balaban J connectivity index is 1.78. The van der Waals surface area contributed by atoms with E-state index in [0.717, 1.165) is 23.8 Å². The summed E-state index contributed by atoms with van der Waals surface area (Å²) in [4.78, 5) is 0. The number of rotatable bonds is 5. The second-order valence-corrected chi connectivity index (χ2v) is 4.06. The van der Waals surface area contributed by atoms with Crippen LogP contribution in [0, 0.1) is 17.2 Å². The Bertz CT molecular complexity index is 346. The van der Waals surface area contributed by atoms with Crippen molar-refractivity contribution in [2.75, 3.05) is 6.61 Å². The SMILES string of the molecule is N#CCc1ccc(OCCC2CC2)cc1. The molecule has 0 bridgehead atoms. The van der Waals surface area contributed by atoms with E-state index in [0.29, 0.717) is 6.42 Å². The first kappa shape index (κ1) is 10.0. The van der Waals surface area contributed by atoms with E-state index >= 15 is 0 Å². The van der Waals surface area contributed by atoms with Gasteiger partial charge in [0.15, 0.2) is 0 Å². The molecule has 0 spiro atoms. The minimum absolute atomic E-state index is 0.475. The van der Waals surface area contributed by atoms with Crippen molar-refractivity contribution in [1.29, 1.82) is 5.26 Å². The van der Waals surface area contributed by atoms with Crippen LogP contribution < -0.4 is 4.74 Å². The molecule has 0 N–H and O–H groups in total. The predicted molar refractivity (Wildman–Crippen MR) is 58.6 cm³/mol. The number of ether oxygens (including phenoxy) is 1. The molecule has 0 unspecified atom stereocenters. The molecule has 78 valence electrons. The number of nitrogens with zero attached hydrogens (tertiary/aromatic N) is 1. The average molecular weight is 201 g/mol. The van der Waals surface area contributed by atoms with Gasteiger partial charge in [0, 0.05) is 0 Å². The molecule has 0 radical (unpaired) electrons. The average Bonchev–Trinajstić information content (AvgIpc) is 3.05. The Morgan fingerprint density at radius 3 is 2.60 bits per heavy atom. The Kier molecular flexibility index (Phi) is 3.24. The van der Waals surface area contributed by atoms with Crippen molar-refractivity contribution in [2.45, 2.75) is 25.7 Å². The number of nitriles is 1. The largest absolute Gasteiger partial charge is 0.494 e. The van der Waals surface area contributed by atoms with Gasteiger partial charge < -0.3 is 4.74 Å². The van der Waals surface area contributed by atoms with Crippen molar-refractivity contribution in [3.05, 3.63) is 29.8 Å². The molecule has 0 aliphatic heterocycles. The summed E-state index contributed by atoms with van der Waals surface area (Å²) in [5.41, 5.74) is 1.05. The highest BCUT2D eigenvalue weighted by atomic mass is 16.5. The molecule has 0 heterocycles. The molecule has 1 saturated carbocycles. The molecule has 2 nitrogen and oxygen atoms in total. The van der Waals surface area contributed by atoms with E-state index in [1.807, 2.05) is 24.3 Å². The van der Waals surface area contributed by atoms with Gasteiger partial charge in [0.1, 0.15) is 5.75 Å². The fourth-order valence-corrected chi connectivity index (χ4v) is 1.54. The molecule has 0 saturated heterocycles. The molecule has 2 rings (SSSR count). The second kappa shape index (κ2) is 4.84. The number of hydrogen-bond donors (Lipinski definition) is 0. The highest BCUT2D eigenvalue weighted by molar-refractivity contribution is 5.28. The van der Waals surface area contributed by atoms with Crippen molar-refractivity contribution in [3.63, 3.8) is 0 Å². The fraction of sp³-hybridized carbons (Fsp3) is 0.462. The van der Waals surface area contributed by atoms with Crippen LogP contribution in [-0.4, -0.2) is 6.61 Å². The lowest BCUT2D eigenvalue weighted by Crippen LogP contribution is -1.98. The third-order valence-corrected chi connectivity index (χ3v) is 2.70. The lowest BCUT2D eigenvalue weighted by atomic mass is 10.2. The van der Waals surface area contributed by atoms with Gasteiger partial charge in [-0.05, 0) is 30.0 Å². The van der Waals surface area contributed by atoms with E-state index in [4.69, 9.17) is 10.00 Å². The van der Waals surface area contributed by atoms with E-state index in [1.54, 1.807) is 0 Å². The van der Waals surface area contributed by atoms with Gasteiger partial charge in [0.05, 0.1) is 19.1 Å². The summed E-state index contributed by atoms with van der Waals surface area (Å²) < 4.78 is 5.61. The zero-order valence-corrected chi connectivity index (χ0v) is 8.78. The maximum absolute atomic E-state index is 8.52. The Morgan fingerprint density at radius 2 is 2.00 bits per heavy atom. The standard InChI is InChI=1S/C13H15NO/c14-9-7-11-3-5-13(6-4-11)15-10-8-12-1-2-12/h3-6,12H,1-2,7-8,10H2. The van der Waals surface area contributed by atoms with Gasteiger partial charge in [0.25, 0.3) is 0 Å². The minimum atomic E-state index is 0.475. The van der Waals surface area contributed by atoms with Gasteiger partial charge in [-0.3, -0.25) is 0 Å². The second-order valence-electron chi connectivity index (χ2n) is 4.06. The smallest absolute Gasteiger partial charge is 0.119 e. The fourth-order valence-electron chi connectivity index (χ4n) is 1.54. The van der Waals surface area contributed by atoms with Crippen LogP contribution in [0.2, 0.25) is 0 Å². The third kappa shape index (κ3) is 3.28. The molecule has 1 aromatic carbocycles. The highest BCUT2D eigenvalue weighted by Gasteiger charge is 2.20. The predicted octanol–water partition coefficient (Wildman–Crippen LogP) is 2.93. The lowest BCUT2D eigenvalue weighted by Gasteiger charge is -2.05. The van der Waals surface area contributed by atoms with Gasteiger partial charge in [-0.15, -0.1) is 0 Å². The third-order valence-electron chi connectivity index (χ3n) is 2.70. The van der Waals surface area contributed by atoms with Crippen molar-refractivity contribution in [2.24, 2.45) is 5.92 Å². The summed E-state index contributed by atoms with van der Waals surface area (Å²) in [6.07, 6.45) is 4.41. The van der Waals surface area contributed by atoms with Crippen molar-refractivity contribution in [3.8, 4) is 11.8 Å². The van der Waals surface area contributed by atoms with Crippen LogP contribution in [-0.2, 0) is 6.42 Å². The van der Waals surface area contributed by atoms with Gasteiger partial charge >= 0.3 is 0 Å². The molecular weight excluding hydrogens is 186 g/mol. The molecule has 0 atom stereocenters. The van der Waals surface area contributed by atoms with E-state index in [1.165, 1.54) is 19.3 Å². The normalized spacial score (nSPS) is 14.6. The number of benzene rings is 1. The summed E-state index contributed by atoms with van der Waals surface area (Å²) in [5.74, 6) is 1.83. The van der Waals surface area contributed by atoms with Crippen molar-refractivity contribution < 1.29 is 4.74 Å². The molecule has 2 heteroatoms. The van der Waals surface area contributed by atoms with E-state index in [-0.39, 0.29) is 0 Å². The summed E-state index contributed by atoms with van der Waals surface area (Å²) >= 11 is 0.